The van der Waals surface area contributed by atoms with Gasteiger partial charge in [0.25, 0.3) is 5.91 Å². The number of carbonyl (C=O) groups is 1. The number of hydrogen-bond donors (Lipinski definition) is 1. The van der Waals surface area contributed by atoms with Crippen LogP contribution in [0.1, 0.15) is 12.5 Å². The van der Waals surface area contributed by atoms with Gasteiger partial charge in [0.15, 0.2) is 6.10 Å². The largest absolute Gasteiger partial charge is 0.479 e. The van der Waals surface area contributed by atoms with E-state index in [1.807, 2.05) is 0 Å². The lowest BCUT2D eigenvalue weighted by Gasteiger charge is -2.15. The van der Waals surface area contributed by atoms with Crippen molar-refractivity contribution < 1.29 is 18.7 Å². The summed E-state index contributed by atoms with van der Waals surface area (Å²) in [5.74, 6) is 0.479. The third-order valence-corrected chi connectivity index (χ3v) is 4.10. The van der Waals surface area contributed by atoms with Gasteiger partial charge in [-0.2, -0.15) is 0 Å². The van der Waals surface area contributed by atoms with Crippen LogP contribution in [0.2, 0.25) is 5.02 Å². The summed E-state index contributed by atoms with van der Waals surface area (Å²) in [6, 6.07) is 16.2. The number of rotatable bonds is 7. The van der Waals surface area contributed by atoms with Crippen LogP contribution in [-0.4, -0.2) is 17.0 Å². The Labute approximate surface area is 167 Å². The monoisotopic (exact) mass is 400 g/mol. The zero-order valence-corrected chi connectivity index (χ0v) is 15.8. The predicted molar refractivity (Wildman–Crippen MR) is 104 cm³/mol. The summed E-state index contributed by atoms with van der Waals surface area (Å²) in [6.07, 6.45) is 0.873. The first-order valence-corrected chi connectivity index (χ1v) is 8.96. The lowest BCUT2D eigenvalue weighted by molar-refractivity contribution is -0.127. The van der Waals surface area contributed by atoms with Crippen molar-refractivity contribution in [2.75, 3.05) is 0 Å². The average molecular weight is 401 g/mol. The molecular weight excluding hydrogens is 383 g/mol. The minimum atomic E-state index is -0.705. The SMILES string of the molecule is CC(Oc1ccccc1Cl)C(=O)NCc1ccc(Oc2cccc(F)c2)nc1. The summed E-state index contributed by atoms with van der Waals surface area (Å²) < 4.78 is 24.2. The minimum absolute atomic E-state index is 0.278. The molecule has 3 rings (SSSR count). The lowest BCUT2D eigenvalue weighted by atomic mass is 10.2. The van der Waals surface area contributed by atoms with Crippen LogP contribution in [0, 0.1) is 5.82 Å². The summed E-state index contributed by atoms with van der Waals surface area (Å²) in [7, 11) is 0. The first kappa shape index (κ1) is 19.6. The topological polar surface area (TPSA) is 60.5 Å². The highest BCUT2D eigenvalue weighted by atomic mass is 35.5. The number of benzene rings is 2. The number of pyridine rings is 1. The Hall–Kier alpha value is -3.12. The fraction of sp³-hybridized carbons (Fsp3) is 0.143. The zero-order chi connectivity index (χ0) is 19.9. The predicted octanol–water partition coefficient (Wildman–Crippen LogP) is 4.75. The molecule has 1 N–H and O–H groups in total. The zero-order valence-electron chi connectivity index (χ0n) is 15.1. The number of aromatic nitrogens is 1. The van der Waals surface area contributed by atoms with Crippen molar-refractivity contribution in [2.24, 2.45) is 0 Å². The Morgan fingerprint density at radius 1 is 1.18 bits per heavy atom. The molecule has 0 aliphatic rings. The number of nitrogens with zero attached hydrogens (tertiary/aromatic N) is 1. The van der Waals surface area contributed by atoms with Crippen molar-refractivity contribution in [3.63, 3.8) is 0 Å². The third kappa shape index (κ3) is 5.44. The van der Waals surface area contributed by atoms with E-state index >= 15 is 0 Å². The molecule has 0 bridgehead atoms. The maximum atomic E-state index is 13.2. The molecule has 0 radical (unpaired) electrons. The summed E-state index contributed by atoms with van der Waals surface area (Å²) in [4.78, 5) is 16.4. The summed E-state index contributed by atoms with van der Waals surface area (Å²) in [5, 5.41) is 3.22. The number of para-hydroxylation sites is 1. The Balaban J connectivity index is 1.51. The summed E-state index contributed by atoms with van der Waals surface area (Å²) in [5.41, 5.74) is 0.782. The highest BCUT2D eigenvalue weighted by Crippen LogP contribution is 2.24. The second kappa shape index (κ2) is 9.19. The van der Waals surface area contributed by atoms with Gasteiger partial charge in [-0.25, -0.2) is 9.37 Å². The van der Waals surface area contributed by atoms with Crippen molar-refractivity contribution in [1.82, 2.24) is 10.3 Å². The number of amides is 1. The molecule has 3 aromatic rings. The van der Waals surface area contributed by atoms with Crippen molar-refractivity contribution >= 4 is 17.5 Å². The van der Waals surface area contributed by atoms with Crippen molar-refractivity contribution in [2.45, 2.75) is 19.6 Å². The Morgan fingerprint density at radius 3 is 2.71 bits per heavy atom. The van der Waals surface area contributed by atoms with Crippen LogP contribution in [0.15, 0.2) is 66.9 Å². The molecule has 0 aliphatic carbocycles. The summed E-state index contributed by atoms with van der Waals surface area (Å²) in [6.45, 7) is 1.93. The van der Waals surface area contributed by atoms with E-state index in [9.17, 15) is 9.18 Å². The maximum Gasteiger partial charge on any atom is 0.261 e. The van der Waals surface area contributed by atoms with Gasteiger partial charge in [-0.15, -0.1) is 0 Å². The van der Waals surface area contributed by atoms with Crippen LogP contribution in [0.4, 0.5) is 4.39 Å². The van der Waals surface area contributed by atoms with Gasteiger partial charge >= 0.3 is 0 Å². The van der Waals surface area contributed by atoms with Gasteiger partial charge in [-0.3, -0.25) is 4.79 Å². The minimum Gasteiger partial charge on any atom is -0.479 e. The Bertz CT molecular complexity index is 950. The van der Waals surface area contributed by atoms with E-state index in [-0.39, 0.29) is 18.3 Å². The van der Waals surface area contributed by atoms with Crippen LogP contribution in [0.25, 0.3) is 0 Å². The lowest BCUT2D eigenvalue weighted by Crippen LogP contribution is -2.35. The average Bonchev–Trinajstić information content (AvgIpc) is 2.69. The number of hydrogen-bond acceptors (Lipinski definition) is 4. The second-order valence-electron chi connectivity index (χ2n) is 5.97. The van der Waals surface area contributed by atoms with E-state index in [2.05, 4.69) is 10.3 Å². The van der Waals surface area contributed by atoms with Crippen LogP contribution >= 0.6 is 11.6 Å². The smallest absolute Gasteiger partial charge is 0.261 e. The molecule has 5 nitrogen and oxygen atoms in total. The molecule has 144 valence electrons. The molecule has 1 aromatic heterocycles. The van der Waals surface area contributed by atoms with Crippen LogP contribution in [0.3, 0.4) is 0 Å². The van der Waals surface area contributed by atoms with Gasteiger partial charge in [0.2, 0.25) is 5.88 Å². The molecule has 0 saturated heterocycles. The molecule has 0 aliphatic heterocycles. The fourth-order valence-electron chi connectivity index (χ4n) is 2.34. The standard InChI is InChI=1S/C21H18ClFN2O3/c1-14(27-19-8-3-2-7-18(19)22)21(26)25-13-15-9-10-20(24-12-15)28-17-6-4-5-16(23)11-17/h2-12,14H,13H2,1H3,(H,25,26). The molecule has 1 heterocycles. The molecule has 1 atom stereocenters. The molecule has 28 heavy (non-hydrogen) atoms. The number of halogens is 2. The van der Waals surface area contributed by atoms with Gasteiger partial charge in [0.1, 0.15) is 17.3 Å². The van der Waals surface area contributed by atoms with Crippen LogP contribution in [0.5, 0.6) is 17.4 Å². The molecule has 1 amide bonds. The van der Waals surface area contributed by atoms with Crippen LogP contribution in [-0.2, 0) is 11.3 Å². The van der Waals surface area contributed by atoms with Crippen molar-refractivity contribution in [3.05, 3.63) is 83.3 Å². The van der Waals surface area contributed by atoms with Gasteiger partial charge < -0.3 is 14.8 Å². The van der Waals surface area contributed by atoms with Gasteiger partial charge in [-0.1, -0.05) is 35.9 Å². The van der Waals surface area contributed by atoms with E-state index in [1.54, 1.807) is 61.7 Å². The van der Waals surface area contributed by atoms with Crippen molar-refractivity contribution in [1.29, 1.82) is 0 Å². The van der Waals surface area contributed by atoms with Gasteiger partial charge in [0, 0.05) is 24.9 Å². The fourth-order valence-corrected chi connectivity index (χ4v) is 2.52. The first-order valence-electron chi connectivity index (χ1n) is 8.58. The molecular formula is C21H18ClFN2O3. The normalized spacial score (nSPS) is 11.5. The number of nitrogens with one attached hydrogen (secondary N) is 1. The first-order chi connectivity index (χ1) is 13.5. The van der Waals surface area contributed by atoms with Gasteiger partial charge in [0.05, 0.1) is 5.02 Å². The van der Waals surface area contributed by atoms with E-state index in [1.165, 1.54) is 12.1 Å². The molecule has 0 spiro atoms. The molecule has 0 fully saturated rings. The highest BCUT2D eigenvalue weighted by Gasteiger charge is 2.15. The highest BCUT2D eigenvalue weighted by molar-refractivity contribution is 6.32. The quantitative estimate of drug-likeness (QED) is 0.621. The molecule has 7 heteroatoms. The maximum absolute atomic E-state index is 13.2. The Kier molecular flexibility index (Phi) is 6.45. The third-order valence-electron chi connectivity index (χ3n) is 3.79. The van der Waals surface area contributed by atoms with E-state index in [0.29, 0.717) is 22.4 Å². The van der Waals surface area contributed by atoms with Crippen molar-refractivity contribution in [3.8, 4) is 17.4 Å². The van der Waals surface area contributed by atoms with E-state index in [4.69, 9.17) is 21.1 Å². The molecule has 0 saturated carbocycles. The van der Waals surface area contributed by atoms with E-state index < -0.39 is 6.10 Å². The number of ether oxygens (including phenoxy) is 2. The molecule has 2 aromatic carbocycles. The Morgan fingerprint density at radius 2 is 2.00 bits per heavy atom. The van der Waals surface area contributed by atoms with Crippen LogP contribution < -0.4 is 14.8 Å². The molecule has 1 unspecified atom stereocenters. The van der Waals surface area contributed by atoms with E-state index in [0.717, 1.165) is 5.56 Å². The number of carbonyl (C=O) groups excluding carboxylic acids is 1. The summed E-state index contributed by atoms with van der Waals surface area (Å²) >= 11 is 6.03. The second-order valence-corrected chi connectivity index (χ2v) is 6.38. The van der Waals surface area contributed by atoms with Gasteiger partial charge in [-0.05, 0) is 36.8 Å².